The van der Waals surface area contributed by atoms with E-state index in [0.29, 0.717) is 38.5 Å². The highest BCUT2D eigenvalue weighted by atomic mass is 16.5. The third kappa shape index (κ3) is 3.12. The predicted octanol–water partition coefficient (Wildman–Crippen LogP) is 1.73. The summed E-state index contributed by atoms with van der Waals surface area (Å²) in [6, 6.07) is 7.76. The molecule has 1 aromatic carbocycles. The van der Waals surface area contributed by atoms with Crippen LogP contribution in [0.4, 0.5) is 0 Å². The normalized spacial score (nSPS) is 18.3. The number of ether oxygens (including phenoxy) is 1. The summed E-state index contributed by atoms with van der Waals surface area (Å²) in [6.45, 7) is 2.43. The number of carbonyl (C=O) groups is 1. The average molecular weight is 395 g/mol. The molecule has 0 bridgehead atoms. The van der Waals surface area contributed by atoms with Gasteiger partial charge in [0.15, 0.2) is 0 Å². The smallest absolute Gasteiger partial charge is 0.224 e. The lowest BCUT2D eigenvalue weighted by Gasteiger charge is -2.43. The molecule has 0 aliphatic carbocycles. The lowest BCUT2D eigenvalue weighted by molar-refractivity contribution is -0.141. The standard InChI is InChI=1S/C21H25N5O3/c27-14-18-23-16-3-1-2-4-17(16)26(18)9-5-19(28)25-10-7-21(8-11-25)20-15(6-12-29-21)13-22-24-20/h1-4,13,27H,5-12,14H2,(H,22,24). The largest absolute Gasteiger partial charge is 0.388 e. The first-order valence-electron chi connectivity index (χ1n) is 10.2. The van der Waals surface area contributed by atoms with E-state index in [4.69, 9.17) is 4.74 Å². The van der Waals surface area contributed by atoms with Crippen LogP contribution >= 0.6 is 0 Å². The highest BCUT2D eigenvalue weighted by Crippen LogP contribution is 2.40. The number of nitrogens with zero attached hydrogens (tertiary/aromatic N) is 4. The molecule has 0 unspecified atom stereocenters. The molecule has 8 heteroatoms. The molecule has 1 amide bonds. The van der Waals surface area contributed by atoms with E-state index in [9.17, 15) is 9.90 Å². The summed E-state index contributed by atoms with van der Waals surface area (Å²) in [5.74, 6) is 0.723. The van der Waals surface area contributed by atoms with E-state index in [0.717, 1.165) is 36.0 Å². The van der Waals surface area contributed by atoms with Gasteiger partial charge in [0.1, 0.15) is 18.0 Å². The first-order valence-corrected chi connectivity index (χ1v) is 10.2. The van der Waals surface area contributed by atoms with Crippen LogP contribution in [-0.4, -0.2) is 55.4 Å². The van der Waals surface area contributed by atoms with Gasteiger partial charge in [0.25, 0.3) is 0 Å². The number of amides is 1. The SMILES string of the molecule is O=C(CCn1c(CO)nc2ccccc21)N1CCC2(CC1)OCCc1cn[nH]c12. The van der Waals surface area contributed by atoms with Gasteiger partial charge in [-0.25, -0.2) is 4.98 Å². The Hall–Kier alpha value is -2.71. The van der Waals surface area contributed by atoms with Gasteiger partial charge in [0.05, 0.1) is 29.5 Å². The number of hydrogen-bond acceptors (Lipinski definition) is 5. The second kappa shape index (κ2) is 7.27. The molecule has 1 fully saturated rings. The Morgan fingerprint density at radius 2 is 2.10 bits per heavy atom. The van der Waals surface area contributed by atoms with Gasteiger partial charge in [-0.05, 0) is 37.0 Å². The Morgan fingerprint density at radius 1 is 1.28 bits per heavy atom. The molecule has 3 aromatic rings. The van der Waals surface area contributed by atoms with Gasteiger partial charge in [-0.2, -0.15) is 5.10 Å². The number of rotatable bonds is 4. The fourth-order valence-corrected chi connectivity index (χ4v) is 4.70. The number of aryl methyl sites for hydroxylation is 1. The van der Waals surface area contributed by atoms with Crippen LogP contribution in [0.3, 0.4) is 0 Å². The molecule has 2 aromatic heterocycles. The van der Waals surface area contributed by atoms with Crippen LogP contribution in [0.25, 0.3) is 11.0 Å². The maximum absolute atomic E-state index is 12.9. The number of aliphatic hydroxyl groups excluding tert-OH is 1. The summed E-state index contributed by atoms with van der Waals surface area (Å²) in [5, 5.41) is 17.0. The molecule has 4 heterocycles. The van der Waals surface area contributed by atoms with E-state index >= 15 is 0 Å². The zero-order valence-corrected chi connectivity index (χ0v) is 16.3. The highest BCUT2D eigenvalue weighted by molar-refractivity contribution is 5.78. The van der Waals surface area contributed by atoms with Crippen LogP contribution in [0.15, 0.2) is 30.5 Å². The van der Waals surface area contributed by atoms with Gasteiger partial charge in [0, 0.05) is 26.1 Å². The number of carbonyl (C=O) groups excluding carboxylic acids is 1. The minimum atomic E-state index is -0.328. The van der Waals surface area contributed by atoms with Crippen LogP contribution < -0.4 is 0 Å². The third-order valence-electron chi connectivity index (χ3n) is 6.27. The lowest BCUT2D eigenvalue weighted by atomic mass is 9.83. The van der Waals surface area contributed by atoms with Gasteiger partial charge < -0.3 is 19.3 Å². The monoisotopic (exact) mass is 395 g/mol. The molecule has 8 nitrogen and oxygen atoms in total. The van der Waals surface area contributed by atoms with Crippen molar-refractivity contribution in [2.75, 3.05) is 19.7 Å². The van der Waals surface area contributed by atoms with E-state index < -0.39 is 0 Å². The molecule has 0 radical (unpaired) electrons. The molecule has 2 N–H and O–H groups in total. The van der Waals surface area contributed by atoms with Crippen molar-refractivity contribution in [2.45, 2.75) is 44.4 Å². The van der Waals surface area contributed by atoms with Gasteiger partial charge in [-0.15, -0.1) is 0 Å². The van der Waals surface area contributed by atoms with Crippen LogP contribution in [0.2, 0.25) is 0 Å². The van der Waals surface area contributed by atoms with Crippen molar-refractivity contribution in [3.8, 4) is 0 Å². The number of nitrogens with one attached hydrogen (secondary N) is 1. The molecular weight excluding hydrogens is 370 g/mol. The van der Waals surface area contributed by atoms with Crippen molar-refractivity contribution in [1.82, 2.24) is 24.6 Å². The third-order valence-corrected chi connectivity index (χ3v) is 6.27. The summed E-state index contributed by atoms with van der Waals surface area (Å²) in [7, 11) is 0. The Labute approximate surface area is 168 Å². The first kappa shape index (κ1) is 18.3. The topological polar surface area (TPSA) is 96.3 Å². The number of imidazole rings is 1. The molecule has 1 saturated heterocycles. The number of aliphatic hydroxyl groups is 1. The van der Waals surface area contributed by atoms with Crippen molar-refractivity contribution in [3.05, 3.63) is 47.5 Å². The van der Waals surface area contributed by atoms with Crippen LogP contribution in [-0.2, 0) is 34.7 Å². The van der Waals surface area contributed by atoms with E-state index in [-0.39, 0.29) is 18.1 Å². The van der Waals surface area contributed by atoms with Crippen LogP contribution in [0, 0.1) is 0 Å². The van der Waals surface area contributed by atoms with Crippen molar-refractivity contribution >= 4 is 16.9 Å². The molecule has 0 atom stereocenters. The number of likely N-dealkylation sites (tertiary alicyclic amines) is 1. The van der Waals surface area contributed by atoms with E-state index in [1.54, 1.807) is 0 Å². The minimum absolute atomic E-state index is 0.127. The van der Waals surface area contributed by atoms with Crippen molar-refractivity contribution in [3.63, 3.8) is 0 Å². The quantitative estimate of drug-likeness (QED) is 0.701. The molecule has 2 aliphatic rings. The van der Waals surface area contributed by atoms with Gasteiger partial charge in [0.2, 0.25) is 5.91 Å². The van der Waals surface area contributed by atoms with E-state index in [2.05, 4.69) is 15.2 Å². The zero-order valence-electron chi connectivity index (χ0n) is 16.3. The van der Waals surface area contributed by atoms with Crippen molar-refractivity contribution in [1.29, 1.82) is 0 Å². The number of benzene rings is 1. The molecule has 29 heavy (non-hydrogen) atoms. The Bertz CT molecular complexity index is 1030. The van der Waals surface area contributed by atoms with E-state index in [1.165, 1.54) is 5.56 Å². The Morgan fingerprint density at radius 3 is 2.93 bits per heavy atom. The van der Waals surface area contributed by atoms with E-state index in [1.807, 2.05) is 39.9 Å². The molecule has 5 rings (SSSR count). The summed E-state index contributed by atoms with van der Waals surface area (Å²) in [4.78, 5) is 19.2. The number of para-hydroxylation sites is 2. The van der Waals surface area contributed by atoms with Crippen LogP contribution in [0.5, 0.6) is 0 Å². The number of piperidine rings is 1. The highest BCUT2D eigenvalue weighted by Gasteiger charge is 2.42. The molecule has 2 aliphatic heterocycles. The Balaban J connectivity index is 1.25. The zero-order chi connectivity index (χ0) is 19.8. The number of hydrogen-bond donors (Lipinski definition) is 2. The summed E-state index contributed by atoms with van der Waals surface area (Å²) < 4.78 is 8.11. The number of H-pyrrole nitrogens is 1. The summed E-state index contributed by atoms with van der Waals surface area (Å²) in [6.07, 6.45) is 4.73. The lowest BCUT2D eigenvalue weighted by Crippen LogP contribution is -2.48. The van der Waals surface area contributed by atoms with Gasteiger partial charge >= 0.3 is 0 Å². The number of aromatic nitrogens is 4. The second-order valence-corrected chi connectivity index (χ2v) is 7.82. The van der Waals surface area contributed by atoms with Crippen molar-refractivity contribution < 1.29 is 14.6 Å². The first-order chi connectivity index (χ1) is 14.2. The molecule has 1 spiro atoms. The van der Waals surface area contributed by atoms with Crippen LogP contribution in [0.1, 0.15) is 36.3 Å². The fraction of sp³-hybridized carbons (Fsp3) is 0.476. The molecule has 152 valence electrons. The summed E-state index contributed by atoms with van der Waals surface area (Å²) >= 11 is 0. The number of fused-ring (bicyclic) bond motifs is 3. The summed E-state index contributed by atoms with van der Waals surface area (Å²) in [5.41, 5.74) is 3.79. The average Bonchev–Trinajstić information content (AvgIpc) is 3.38. The second-order valence-electron chi connectivity index (χ2n) is 7.82. The fourth-order valence-electron chi connectivity index (χ4n) is 4.70. The maximum atomic E-state index is 12.9. The predicted molar refractivity (Wildman–Crippen MR) is 106 cm³/mol. The number of aromatic amines is 1. The maximum Gasteiger partial charge on any atom is 0.224 e. The van der Waals surface area contributed by atoms with Gasteiger partial charge in [-0.1, -0.05) is 12.1 Å². The Kier molecular flexibility index (Phi) is 4.60. The molecule has 0 saturated carbocycles. The van der Waals surface area contributed by atoms with Gasteiger partial charge in [-0.3, -0.25) is 9.89 Å². The minimum Gasteiger partial charge on any atom is -0.388 e. The van der Waals surface area contributed by atoms with Crippen molar-refractivity contribution in [2.24, 2.45) is 0 Å². The molecular formula is C21H25N5O3.